The van der Waals surface area contributed by atoms with Crippen molar-refractivity contribution in [1.82, 2.24) is 14.9 Å². The summed E-state index contributed by atoms with van der Waals surface area (Å²) in [4.78, 5) is 29.8. The number of ether oxygens (including phenoxy) is 1. The number of urea groups is 1. The van der Waals surface area contributed by atoms with E-state index in [2.05, 4.69) is 31.0 Å². The molecular weight excluding hydrogens is 446 g/mol. The number of aromatic nitrogens is 2. The number of nitrogens with zero attached hydrogens (tertiary/aromatic N) is 4. The van der Waals surface area contributed by atoms with Crippen molar-refractivity contribution < 1.29 is 9.53 Å². The smallest absolute Gasteiger partial charge is 0.321 e. The molecule has 2 aromatic heterocycles. The Kier molecular flexibility index (Phi) is 6.34. The molecule has 2 aliphatic rings. The topological polar surface area (TPSA) is 70.6 Å². The van der Waals surface area contributed by atoms with Crippen LogP contribution in [0.25, 0.3) is 10.2 Å². The molecule has 1 saturated heterocycles. The predicted molar refractivity (Wildman–Crippen MR) is 138 cm³/mol. The fourth-order valence-corrected chi connectivity index (χ4v) is 6.24. The van der Waals surface area contributed by atoms with Crippen LogP contribution in [0.1, 0.15) is 49.4 Å². The Morgan fingerprint density at radius 2 is 2.00 bits per heavy atom. The van der Waals surface area contributed by atoms with Crippen LogP contribution in [-0.4, -0.2) is 54.2 Å². The molecule has 1 unspecified atom stereocenters. The van der Waals surface area contributed by atoms with Crippen molar-refractivity contribution >= 4 is 39.1 Å². The Bertz CT molecular complexity index is 1200. The summed E-state index contributed by atoms with van der Waals surface area (Å²) >= 11 is 1.86. The lowest BCUT2D eigenvalue weighted by molar-refractivity contribution is 0.208. The number of thiophene rings is 1. The van der Waals surface area contributed by atoms with Crippen molar-refractivity contribution in [2.45, 2.75) is 46.0 Å². The van der Waals surface area contributed by atoms with E-state index >= 15 is 0 Å². The molecule has 1 aromatic carbocycles. The molecule has 0 saturated carbocycles. The first-order valence-electron chi connectivity index (χ1n) is 12.2. The van der Waals surface area contributed by atoms with Gasteiger partial charge in [-0.25, -0.2) is 14.8 Å². The molecule has 34 heavy (non-hydrogen) atoms. The molecule has 8 heteroatoms. The van der Waals surface area contributed by atoms with Crippen molar-refractivity contribution in [3.63, 3.8) is 0 Å². The van der Waals surface area contributed by atoms with E-state index in [0.717, 1.165) is 59.8 Å². The number of nitrogens with one attached hydrogen (secondary N) is 1. The zero-order valence-corrected chi connectivity index (χ0v) is 21.2. The highest BCUT2D eigenvalue weighted by Gasteiger charge is 2.29. The maximum absolute atomic E-state index is 12.9. The molecule has 3 aromatic rings. The summed E-state index contributed by atoms with van der Waals surface area (Å²) in [7, 11) is 1.63. The van der Waals surface area contributed by atoms with E-state index < -0.39 is 0 Å². The van der Waals surface area contributed by atoms with Crippen LogP contribution in [-0.2, 0) is 12.8 Å². The number of fused-ring (bicyclic) bond motifs is 3. The predicted octanol–water partition coefficient (Wildman–Crippen LogP) is 5.30. The minimum Gasteiger partial charge on any atom is -0.497 e. The third kappa shape index (κ3) is 4.43. The van der Waals surface area contributed by atoms with Crippen LogP contribution in [0.3, 0.4) is 0 Å². The lowest BCUT2D eigenvalue weighted by Gasteiger charge is -2.36. The molecule has 1 aliphatic carbocycles. The average Bonchev–Trinajstić information content (AvgIpc) is 3.21. The summed E-state index contributed by atoms with van der Waals surface area (Å²) < 4.78 is 5.26. The van der Waals surface area contributed by atoms with Gasteiger partial charge in [-0.2, -0.15) is 0 Å². The molecule has 7 nitrogen and oxygen atoms in total. The normalized spacial score (nSPS) is 18.3. The molecule has 1 aliphatic heterocycles. The zero-order chi connectivity index (χ0) is 23.8. The van der Waals surface area contributed by atoms with Crippen LogP contribution in [0, 0.1) is 5.92 Å². The maximum atomic E-state index is 12.9. The number of rotatable bonds is 4. The number of anilines is 2. The molecule has 3 heterocycles. The van der Waals surface area contributed by atoms with Crippen LogP contribution >= 0.6 is 11.3 Å². The van der Waals surface area contributed by atoms with Crippen molar-refractivity contribution in [2.75, 3.05) is 43.5 Å². The first-order chi connectivity index (χ1) is 16.4. The average molecular weight is 480 g/mol. The van der Waals surface area contributed by atoms with E-state index in [0.29, 0.717) is 13.1 Å². The second-order valence-corrected chi connectivity index (χ2v) is 10.8. The highest BCUT2D eigenvalue weighted by atomic mass is 32.1. The molecule has 5 rings (SSSR count). The van der Waals surface area contributed by atoms with Crippen LogP contribution in [0.4, 0.5) is 16.3 Å². The Hall–Kier alpha value is -2.87. The summed E-state index contributed by atoms with van der Waals surface area (Å²) in [6.45, 7) is 9.48. The van der Waals surface area contributed by atoms with E-state index in [9.17, 15) is 4.79 Å². The summed E-state index contributed by atoms with van der Waals surface area (Å²) in [5, 5.41) is 4.26. The van der Waals surface area contributed by atoms with E-state index in [1.807, 2.05) is 40.5 Å². The standard InChI is InChI=1S/C26H33N5O2S/c1-16(2)23-28-24(22-20-9-8-17(3)14-21(20)34-25(22)29-23)30-10-12-31(13-11-30)26(32)27-18-6-5-7-19(15-18)33-4/h5-7,15-17H,8-14H2,1-4H3,(H,27,32). The molecule has 1 N–H and O–H groups in total. The van der Waals surface area contributed by atoms with Gasteiger partial charge in [-0.05, 0) is 42.9 Å². The number of carbonyl (C=O) groups excluding carboxylic acids is 1. The van der Waals surface area contributed by atoms with Gasteiger partial charge in [0.05, 0.1) is 12.5 Å². The molecule has 180 valence electrons. The van der Waals surface area contributed by atoms with Gasteiger partial charge in [0.1, 0.15) is 22.2 Å². The lowest BCUT2D eigenvalue weighted by atomic mass is 9.89. The van der Waals surface area contributed by atoms with Gasteiger partial charge in [-0.1, -0.05) is 26.8 Å². The minimum absolute atomic E-state index is 0.0782. The summed E-state index contributed by atoms with van der Waals surface area (Å²) in [5.41, 5.74) is 2.20. The number of piperazine rings is 1. The summed E-state index contributed by atoms with van der Waals surface area (Å²) in [6, 6.07) is 7.38. The molecule has 0 bridgehead atoms. The Morgan fingerprint density at radius 3 is 2.74 bits per heavy atom. The van der Waals surface area contributed by atoms with Gasteiger partial charge in [0, 0.05) is 48.7 Å². The van der Waals surface area contributed by atoms with Gasteiger partial charge < -0.3 is 19.9 Å². The van der Waals surface area contributed by atoms with E-state index in [1.54, 1.807) is 7.11 Å². The summed E-state index contributed by atoms with van der Waals surface area (Å²) in [6.07, 6.45) is 3.48. The molecule has 1 atom stereocenters. The first-order valence-corrected chi connectivity index (χ1v) is 13.0. The van der Waals surface area contributed by atoms with Gasteiger partial charge in [0.15, 0.2) is 0 Å². The Morgan fingerprint density at radius 1 is 1.21 bits per heavy atom. The van der Waals surface area contributed by atoms with Crippen molar-refractivity contribution in [3.05, 3.63) is 40.5 Å². The largest absolute Gasteiger partial charge is 0.497 e. The number of benzene rings is 1. The van der Waals surface area contributed by atoms with Gasteiger partial charge >= 0.3 is 6.03 Å². The SMILES string of the molecule is COc1cccc(NC(=O)N2CCN(c3nc(C(C)C)nc4sc5c(c34)CCC(C)C5)CC2)c1. The quantitative estimate of drug-likeness (QED) is 0.550. The number of amides is 2. The Balaban J connectivity index is 1.36. The Labute approximate surface area is 205 Å². The molecular formula is C26H33N5O2S. The van der Waals surface area contributed by atoms with Crippen LogP contribution in [0.2, 0.25) is 0 Å². The van der Waals surface area contributed by atoms with Crippen LogP contribution in [0.15, 0.2) is 24.3 Å². The minimum atomic E-state index is -0.0782. The molecule has 0 spiro atoms. The van der Waals surface area contributed by atoms with Gasteiger partial charge in [-0.15, -0.1) is 11.3 Å². The fraction of sp³-hybridized carbons (Fsp3) is 0.500. The van der Waals surface area contributed by atoms with Crippen molar-refractivity contribution in [3.8, 4) is 5.75 Å². The zero-order valence-electron chi connectivity index (χ0n) is 20.4. The number of carbonyl (C=O) groups is 1. The molecule has 2 amide bonds. The second-order valence-electron chi connectivity index (χ2n) is 9.73. The maximum Gasteiger partial charge on any atom is 0.321 e. The molecule has 1 fully saturated rings. The van der Waals surface area contributed by atoms with E-state index in [1.165, 1.54) is 22.2 Å². The lowest BCUT2D eigenvalue weighted by Crippen LogP contribution is -2.50. The van der Waals surface area contributed by atoms with Crippen molar-refractivity contribution in [1.29, 1.82) is 0 Å². The monoisotopic (exact) mass is 479 g/mol. The van der Waals surface area contributed by atoms with Crippen LogP contribution in [0.5, 0.6) is 5.75 Å². The van der Waals surface area contributed by atoms with Gasteiger partial charge in [0.2, 0.25) is 0 Å². The third-order valence-corrected chi connectivity index (χ3v) is 8.01. The molecule has 0 radical (unpaired) electrons. The number of methoxy groups -OCH3 is 1. The number of hydrogen-bond acceptors (Lipinski definition) is 6. The first kappa shape index (κ1) is 22.9. The fourth-order valence-electron chi connectivity index (χ4n) is 4.85. The second kappa shape index (κ2) is 9.41. The third-order valence-electron chi connectivity index (χ3n) is 6.86. The summed E-state index contributed by atoms with van der Waals surface area (Å²) in [5.74, 6) is 3.70. The van der Waals surface area contributed by atoms with E-state index in [-0.39, 0.29) is 11.9 Å². The highest BCUT2D eigenvalue weighted by Crippen LogP contribution is 2.41. The van der Waals surface area contributed by atoms with Gasteiger partial charge in [0.25, 0.3) is 0 Å². The highest BCUT2D eigenvalue weighted by molar-refractivity contribution is 7.19. The number of hydrogen-bond donors (Lipinski definition) is 1. The van der Waals surface area contributed by atoms with Crippen LogP contribution < -0.4 is 15.0 Å². The van der Waals surface area contributed by atoms with Gasteiger partial charge in [-0.3, -0.25) is 0 Å². The van der Waals surface area contributed by atoms with E-state index in [4.69, 9.17) is 14.7 Å². The number of aryl methyl sites for hydroxylation is 1. The van der Waals surface area contributed by atoms with Crippen molar-refractivity contribution in [2.24, 2.45) is 5.92 Å².